The van der Waals surface area contributed by atoms with Gasteiger partial charge in [0.2, 0.25) is 0 Å². The highest BCUT2D eigenvalue weighted by Crippen LogP contribution is 2.40. The van der Waals surface area contributed by atoms with Gasteiger partial charge in [0.15, 0.2) is 0 Å². The standard InChI is InChI=1S/C26H29NO6/c1-4-12-32-20-8-5-17(6-9-20)23-22(25(29)26(30)27(23)11-13-31-3)24(28)18-7-10-21-19(15-18)14-16(2)33-21/h5-10,15-16,23,28H,4,11-14H2,1-3H3/b24-22+. The van der Waals surface area contributed by atoms with Gasteiger partial charge in [-0.25, -0.2) is 0 Å². The zero-order valence-electron chi connectivity index (χ0n) is 19.2. The number of Topliss-reactive ketones (excluding diaryl/α,β-unsaturated/α-hetero) is 1. The van der Waals surface area contributed by atoms with Crippen molar-refractivity contribution in [3.63, 3.8) is 0 Å². The predicted octanol–water partition coefficient (Wildman–Crippen LogP) is 3.87. The Morgan fingerprint density at radius 2 is 1.91 bits per heavy atom. The first-order chi connectivity index (χ1) is 15.9. The van der Waals surface area contributed by atoms with Crippen LogP contribution in [0.3, 0.4) is 0 Å². The van der Waals surface area contributed by atoms with Crippen molar-refractivity contribution in [3.8, 4) is 11.5 Å². The molecule has 0 aromatic heterocycles. The summed E-state index contributed by atoms with van der Waals surface area (Å²) in [5.41, 5.74) is 2.25. The van der Waals surface area contributed by atoms with E-state index >= 15 is 0 Å². The molecule has 2 aliphatic heterocycles. The van der Waals surface area contributed by atoms with E-state index in [1.54, 1.807) is 19.2 Å². The number of methoxy groups -OCH3 is 1. The maximum absolute atomic E-state index is 13.1. The number of ether oxygens (including phenoxy) is 3. The Morgan fingerprint density at radius 3 is 2.61 bits per heavy atom. The number of aliphatic hydroxyl groups is 1. The number of likely N-dealkylation sites (tertiary alicyclic amines) is 1. The number of fused-ring (bicyclic) bond motifs is 1. The summed E-state index contributed by atoms with van der Waals surface area (Å²) in [5, 5.41) is 11.2. The minimum atomic E-state index is -0.719. The summed E-state index contributed by atoms with van der Waals surface area (Å²) in [5.74, 6) is -0.0546. The van der Waals surface area contributed by atoms with Crippen LogP contribution in [0.5, 0.6) is 11.5 Å². The summed E-state index contributed by atoms with van der Waals surface area (Å²) in [7, 11) is 1.54. The molecule has 0 aliphatic carbocycles. The lowest BCUT2D eigenvalue weighted by Crippen LogP contribution is -2.32. The molecule has 1 fully saturated rings. The van der Waals surface area contributed by atoms with Crippen molar-refractivity contribution >= 4 is 17.4 Å². The van der Waals surface area contributed by atoms with Crippen LogP contribution in [-0.2, 0) is 20.7 Å². The Morgan fingerprint density at radius 1 is 1.15 bits per heavy atom. The lowest BCUT2D eigenvalue weighted by atomic mass is 9.94. The van der Waals surface area contributed by atoms with Crippen molar-refractivity contribution in [2.45, 2.75) is 38.8 Å². The number of hydrogen-bond acceptors (Lipinski definition) is 6. The highest BCUT2D eigenvalue weighted by Gasteiger charge is 2.46. The second kappa shape index (κ2) is 9.67. The van der Waals surface area contributed by atoms with Crippen molar-refractivity contribution in [2.24, 2.45) is 0 Å². The molecule has 2 aliphatic rings. The number of ketones is 1. The Bertz CT molecular complexity index is 1070. The van der Waals surface area contributed by atoms with E-state index in [2.05, 4.69) is 0 Å². The number of carbonyl (C=O) groups is 2. The van der Waals surface area contributed by atoms with Crippen molar-refractivity contribution in [2.75, 3.05) is 26.9 Å². The monoisotopic (exact) mass is 451 g/mol. The van der Waals surface area contributed by atoms with Gasteiger partial charge in [0.05, 0.1) is 24.8 Å². The van der Waals surface area contributed by atoms with Gasteiger partial charge in [-0.05, 0) is 54.8 Å². The maximum atomic E-state index is 13.1. The first-order valence-electron chi connectivity index (χ1n) is 11.2. The lowest BCUT2D eigenvalue weighted by Gasteiger charge is -2.25. The number of amides is 1. The second-order valence-corrected chi connectivity index (χ2v) is 8.36. The minimum Gasteiger partial charge on any atom is -0.507 e. The summed E-state index contributed by atoms with van der Waals surface area (Å²) >= 11 is 0. The minimum absolute atomic E-state index is 0.0606. The van der Waals surface area contributed by atoms with Crippen LogP contribution in [0, 0.1) is 0 Å². The molecule has 174 valence electrons. The van der Waals surface area contributed by atoms with Crippen LogP contribution < -0.4 is 9.47 Å². The van der Waals surface area contributed by atoms with E-state index in [0.29, 0.717) is 23.5 Å². The molecule has 4 rings (SSSR count). The molecule has 2 atom stereocenters. The Hall–Kier alpha value is -3.32. The Labute approximate surface area is 193 Å². The van der Waals surface area contributed by atoms with E-state index in [4.69, 9.17) is 14.2 Å². The van der Waals surface area contributed by atoms with Gasteiger partial charge < -0.3 is 24.2 Å². The van der Waals surface area contributed by atoms with Gasteiger partial charge >= 0.3 is 0 Å². The van der Waals surface area contributed by atoms with E-state index in [9.17, 15) is 14.7 Å². The smallest absolute Gasteiger partial charge is 0.295 e. The van der Waals surface area contributed by atoms with Crippen molar-refractivity contribution < 1.29 is 28.9 Å². The van der Waals surface area contributed by atoms with Crippen LogP contribution in [0.1, 0.15) is 43.0 Å². The molecule has 2 aromatic rings. The van der Waals surface area contributed by atoms with Crippen molar-refractivity contribution in [1.29, 1.82) is 0 Å². The average molecular weight is 452 g/mol. The van der Waals surface area contributed by atoms with E-state index in [-0.39, 0.29) is 30.6 Å². The number of rotatable bonds is 8. The van der Waals surface area contributed by atoms with Gasteiger partial charge in [-0.3, -0.25) is 9.59 Å². The van der Waals surface area contributed by atoms with Gasteiger partial charge in [-0.2, -0.15) is 0 Å². The van der Waals surface area contributed by atoms with E-state index in [0.717, 1.165) is 24.2 Å². The molecule has 2 heterocycles. The maximum Gasteiger partial charge on any atom is 0.295 e. The third-order valence-corrected chi connectivity index (χ3v) is 5.91. The molecule has 1 amide bonds. The SMILES string of the molecule is CCCOc1ccc(C2/C(=C(\O)c3ccc4c(c3)CC(C)O4)C(=O)C(=O)N2CCOC)cc1. The van der Waals surface area contributed by atoms with E-state index in [1.807, 2.05) is 44.2 Å². The third-order valence-electron chi connectivity index (χ3n) is 5.91. The highest BCUT2D eigenvalue weighted by atomic mass is 16.5. The fraction of sp³-hybridized carbons (Fsp3) is 0.385. The number of nitrogens with zero attached hydrogens (tertiary/aromatic N) is 1. The van der Waals surface area contributed by atoms with Crippen molar-refractivity contribution in [1.82, 2.24) is 4.90 Å². The molecule has 0 spiro atoms. The third kappa shape index (κ3) is 4.46. The fourth-order valence-electron chi connectivity index (χ4n) is 4.34. The highest BCUT2D eigenvalue weighted by molar-refractivity contribution is 6.46. The first kappa shape index (κ1) is 22.9. The van der Waals surface area contributed by atoms with Crippen LogP contribution in [0.15, 0.2) is 48.0 Å². The molecule has 1 N–H and O–H groups in total. The second-order valence-electron chi connectivity index (χ2n) is 8.36. The van der Waals surface area contributed by atoms with Gasteiger partial charge in [0.1, 0.15) is 23.4 Å². The fourth-order valence-corrected chi connectivity index (χ4v) is 4.34. The largest absolute Gasteiger partial charge is 0.507 e. The predicted molar refractivity (Wildman–Crippen MR) is 123 cm³/mol. The number of carbonyl (C=O) groups excluding carboxylic acids is 2. The molecule has 7 nitrogen and oxygen atoms in total. The zero-order valence-corrected chi connectivity index (χ0v) is 19.2. The van der Waals surface area contributed by atoms with E-state index in [1.165, 1.54) is 4.90 Å². The summed E-state index contributed by atoms with van der Waals surface area (Å²) in [6, 6.07) is 11.9. The van der Waals surface area contributed by atoms with Crippen LogP contribution >= 0.6 is 0 Å². The molecule has 1 saturated heterocycles. The number of hydrogen-bond donors (Lipinski definition) is 1. The summed E-state index contributed by atoms with van der Waals surface area (Å²) in [6.07, 6.45) is 1.68. The van der Waals surface area contributed by atoms with Gasteiger partial charge in [-0.1, -0.05) is 19.1 Å². The van der Waals surface area contributed by atoms with Gasteiger partial charge in [0.25, 0.3) is 11.7 Å². The zero-order chi connectivity index (χ0) is 23.5. The normalized spacial score (nSPS) is 21.2. The number of aliphatic hydroxyl groups excluding tert-OH is 1. The molecule has 2 unspecified atom stereocenters. The van der Waals surface area contributed by atoms with Gasteiger partial charge in [-0.15, -0.1) is 0 Å². The molecular weight excluding hydrogens is 422 g/mol. The Kier molecular flexibility index (Phi) is 6.70. The quantitative estimate of drug-likeness (QED) is 0.373. The molecule has 0 radical (unpaired) electrons. The average Bonchev–Trinajstić information content (AvgIpc) is 3.31. The molecular formula is C26H29NO6. The van der Waals surface area contributed by atoms with Gasteiger partial charge in [0, 0.05) is 25.6 Å². The summed E-state index contributed by atoms with van der Waals surface area (Å²) < 4.78 is 16.6. The van der Waals surface area contributed by atoms with Crippen LogP contribution in [0.2, 0.25) is 0 Å². The van der Waals surface area contributed by atoms with Crippen LogP contribution in [-0.4, -0.2) is 54.7 Å². The van der Waals surface area contributed by atoms with Crippen LogP contribution in [0.4, 0.5) is 0 Å². The molecule has 2 aromatic carbocycles. The lowest BCUT2D eigenvalue weighted by molar-refractivity contribution is -0.140. The van der Waals surface area contributed by atoms with Crippen LogP contribution in [0.25, 0.3) is 5.76 Å². The molecule has 7 heteroatoms. The Balaban J connectivity index is 1.76. The summed E-state index contributed by atoms with van der Waals surface area (Å²) in [4.78, 5) is 27.4. The van der Waals surface area contributed by atoms with E-state index < -0.39 is 17.7 Å². The molecule has 33 heavy (non-hydrogen) atoms. The topological polar surface area (TPSA) is 85.3 Å². The number of benzene rings is 2. The molecule has 0 bridgehead atoms. The molecule has 0 saturated carbocycles. The summed E-state index contributed by atoms with van der Waals surface area (Å²) in [6.45, 7) is 5.12. The first-order valence-corrected chi connectivity index (χ1v) is 11.2. The van der Waals surface area contributed by atoms with Crippen molar-refractivity contribution in [3.05, 3.63) is 64.7 Å².